The zero-order valence-corrected chi connectivity index (χ0v) is 8.88. The number of pyridine rings is 1. The number of nitrogens with zero attached hydrogens (tertiary/aromatic N) is 1. The lowest BCUT2D eigenvalue weighted by Crippen LogP contribution is -2.09. The van der Waals surface area contributed by atoms with Crippen molar-refractivity contribution in [3.05, 3.63) is 30.1 Å². The molecule has 1 aromatic carbocycles. The van der Waals surface area contributed by atoms with Crippen LogP contribution < -0.4 is 10.5 Å². The summed E-state index contributed by atoms with van der Waals surface area (Å²) in [6, 6.07) is 4.25. The van der Waals surface area contributed by atoms with E-state index in [4.69, 9.17) is 10.5 Å². The van der Waals surface area contributed by atoms with Crippen molar-refractivity contribution in [2.45, 2.75) is 6.18 Å². The molecule has 0 radical (unpaired) electrons. The average molecular weight is 242 g/mol. The standard InChI is InChI=1S/C11H9F3N2O/c1-17-9-5-16-10(11(12,13)14)8-4-6(15)2-3-7(8)9/h2-5H,15H2,1H3. The van der Waals surface area contributed by atoms with E-state index in [2.05, 4.69) is 4.98 Å². The molecule has 0 bridgehead atoms. The molecule has 6 heteroatoms. The lowest BCUT2D eigenvalue weighted by atomic mass is 10.1. The molecule has 0 fully saturated rings. The van der Waals surface area contributed by atoms with Gasteiger partial charge >= 0.3 is 6.18 Å². The Bertz CT molecular complexity index is 566. The first-order chi connectivity index (χ1) is 7.93. The van der Waals surface area contributed by atoms with Crippen LogP contribution >= 0.6 is 0 Å². The maximum absolute atomic E-state index is 12.7. The Balaban J connectivity index is 2.84. The summed E-state index contributed by atoms with van der Waals surface area (Å²) in [5, 5.41) is 0.279. The van der Waals surface area contributed by atoms with E-state index in [1.54, 1.807) is 0 Å². The number of alkyl halides is 3. The van der Waals surface area contributed by atoms with Crippen LogP contribution in [-0.4, -0.2) is 12.1 Å². The Labute approximate surface area is 95.0 Å². The molecule has 90 valence electrons. The van der Waals surface area contributed by atoms with Crippen LogP contribution in [0.25, 0.3) is 10.8 Å². The number of anilines is 1. The molecule has 1 aromatic heterocycles. The molecule has 3 nitrogen and oxygen atoms in total. The van der Waals surface area contributed by atoms with E-state index in [-0.39, 0.29) is 16.8 Å². The summed E-state index contributed by atoms with van der Waals surface area (Å²) in [5.41, 5.74) is 4.78. The predicted molar refractivity (Wildman–Crippen MR) is 57.7 cm³/mol. The van der Waals surface area contributed by atoms with Gasteiger partial charge in [0.2, 0.25) is 0 Å². The van der Waals surface area contributed by atoms with Crippen molar-refractivity contribution in [1.82, 2.24) is 4.98 Å². The minimum Gasteiger partial charge on any atom is -0.494 e. The fraction of sp³-hybridized carbons (Fsp3) is 0.182. The van der Waals surface area contributed by atoms with Crippen molar-refractivity contribution in [2.75, 3.05) is 12.8 Å². The number of hydrogen-bond acceptors (Lipinski definition) is 3. The Morgan fingerprint density at radius 1 is 1.24 bits per heavy atom. The van der Waals surface area contributed by atoms with Gasteiger partial charge in [-0.2, -0.15) is 13.2 Å². The number of nitrogens with two attached hydrogens (primary N) is 1. The summed E-state index contributed by atoms with van der Waals surface area (Å²) in [4.78, 5) is 3.38. The summed E-state index contributed by atoms with van der Waals surface area (Å²) < 4.78 is 43.2. The summed E-state index contributed by atoms with van der Waals surface area (Å²) in [5.74, 6) is 0.285. The maximum atomic E-state index is 12.7. The van der Waals surface area contributed by atoms with Crippen LogP contribution in [0.15, 0.2) is 24.4 Å². The van der Waals surface area contributed by atoms with Gasteiger partial charge in [-0.25, -0.2) is 4.98 Å². The van der Waals surface area contributed by atoms with Crippen molar-refractivity contribution in [3.8, 4) is 5.75 Å². The number of hydrogen-bond donors (Lipinski definition) is 1. The summed E-state index contributed by atoms with van der Waals surface area (Å²) >= 11 is 0. The number of methoxy groups -OCH3 is 1. The van der Waals surface area contributed by atoms with Crippen molar-refractivity contribution in [3.63, 3.8) is 0 Å². The Morgan fingerprint density at radius 3 is 2.53 bits per heavy atom. The van der Waals surface area contributed by atoms with E-state index in [1.165, 1.54) is 25.3 Å². The first kappa shape index (κ1) is 11.5. The van der Waals surface area contributed by atoms with E-state index in [0.29, 0.717) is 5.39 Å². The third kappa shape index (κ3) is 1.98. The number of ether oxygens (including phenoxy) is 1. The molecule has 0 amide bonds. The predicted octanol–water partition coefficient (Wildman–Crippen LogP) is 2.84. The molecule has 0 saturated carbocycles. The number of aromatic nitrogens is 1. The van der Waals surface area contributed by atoms with Crippen molar-refractivity contribution < 1.29 is 17.9 Å². The molecular weight excluding hydrogens is 233 g/mol. The molecule has 0 spiro atoms. The Morgan fingerprint density at radius 2 is 1.94 bits per heavy atom. The van der Waals surface area contributed by atoms with Gasteiger partial charge in [0.1, 0.15) is 5.75 Å². The second kappa shape index (κ2) is 3.80. The zero-order chi connectivity index (χ0) is 12.6. The van der Waals surface area contributed by atoms with Crippen LogP contribution in [0.1, 0.15) is 5.69 Å². The van der Waals surface area contributed by atoms with Gasteiger partial charge in [-0.05, 0) is 18.2 Å². The number of fused-ring (bicyclic) bond motifs is 1. The van der Waals surface area contributed by atoms with Gasteiger partial charge in [-0.15, -0.1) is 0 Å². The smallest absolute Gasteiger partial charge is 0.433 e. The monoisotopic (exact) mass is 242 g/mol. The third-order valence-electron chi connectivity index (χ3n) is 2.36. The molecule has 2 rings (SSSR count). The van der Waals surface area contributed by atoms with Crippen LogP contribution in [0.3, 0.4) is 0 Å². The van der Waals surface area contributed by atoms with Crippen LogP contribution in [0, 0.1) is 0 Å². The van der Waals surface area contributed by atoms with Gasteiger partial charge in [0, 0.05) is 16.5 Å². The Hall–Kier alpha value is -1.98. The third-order valence-corrected chi connectivity index (χ3v) is 2.36. The number of nitrogen functional groups attached to an aromatic ring is 1. The van der Waals surface area contributed by atoms with Gasteiger partial charge in [-0.3, -0.25) is 0 Å². The summed E-state index contributed by atoms with van der Waals surface area (Å²) in [6.07, 6.45) is -3.46. The SMILES string of the molecule is COc1cnc(C(F)(F)F)c2cc(N)ccc12. The van der Waals surface area contributed by atoms with Crippen molar-refractivity contribution >= 4 is 16.5 Å². The number of benzene rings is 1. The lowest BCUT2D eigenvalue weighted by Gasteiger charge is -2.12. The van der Waals surface area contributed by atoms with E-state index in [0.717, 1.165) is 6.20 Å². The van der Waals surface area contributed by atoms with Gasteiger partial charge in [-0.1, -0.05) is 0 Å². The highest BCUT2D eigenvalue weighted by Gasteiger charge is 2.35. The van der Waals surface area contributed by atoms with E-state index >= 15 is 0 Å². The van der Waals surface area contributed by atoms with E-state index in [1.807, 2.05) is 0 Å². The molecule has 0 unspecified atom stereocenters. The minimum absolute atomic E-state index is 0.0585. The highest BCUT2D eigenvalue weighted by molar-refractivity contribution is 5.92. The highest BCUT2D eigenvalue weighted by atomic mass is 19.4. The fourth-order valence-corrected chi connectivity index (χ4v) is 1.62. The normalized spacial score (nSPS) is 11.8. The van der Waals surface area contributed by atoms with Crippen LogP contribution in [0.5, 0.6) is 5.75 Å². The first-order valence-electron chi connectivity index (χ1n) is 4.73. The number of halogens is 3. The summed E-state index contributed by atoms with van der Waals surface area (Å²) in [6.45, 7) is 0. The summed E-state index contributed by atoms with van der Waals surface area (Å²) in [7, 11) is 1.38. The molecule has 17 heavy (non-hydrogen) atoms. The maximum Gasteiger partial charge on any atom is 0.433 e. The highest BCUT2D eigenvalue weighted by Crippen LogP contribution is 2.37. The van der Waals surface area contributed by atoms with E-state index < -0.39 is 11.9 Å². The van der Waals surface area contributed by atoms with Crippen LogP contribution in [0.2, 0.25) is 0 Å². The molecule has 2 N–H and O–H groups in total. The van der Waals surface area contributed by atoms with Crippen LogP contribution in [0.4, 0.5) is 18.9 Å². The second-order valence-electron chi connectivity index (χ2n) is 3.48. The van der Waals surface area contributed by atoms with Crippen molar-refractivity contribution in [2.24, 2.45) is 0 Å². The average Bonchev–Trinajstić information content (AvgIpc) is 2.25. The zero-order valence-electron chi connectivity index (χ0n) is 8.88. The first-order valence-corrected chi connectivity index (χ1v) is 4.73. The van der Waals surface area contributed by atoms with E-state index in [9.17, 15) is 13.2 Å². The molecule has 0 saturated heterocycles. The molecule has 0 aliphatic rings. The largest absolute Gasteiger partial charge is 0.494 e. The fourth-order valence-electron chi connectivity index (χ4n) is 1.62. The second-order valence-corrected chi connectivity index (χ2v) is 3.48. The molecular formula is C11H9F3N2O. The number of rotatable bonds is 1. The van der Waals surface area contributed by atoms with Crippen LogP contribution in [-0.2, 0) is 6.18 Å². The molecule has 0 atom stereocenters. The minimum atomic E-state index is -4.52. The molecule has 1 heterocycles. The van der Waals surface area contributed by atoms with Gasteiger partial charge in [0.15, 0.2) is 5.69 Å². The lowest BCUT2D eigenvalue weighted by molar-refractivity contribution is -0.139. The molecule has 0 aliphatic heterocycles. The Kier molecular flexibility index (Phi) is 2.57. The van der Waals surface area contributed by atoms with Gasteiger partial charge in [0.05, 0.1) is 13.3 Å². The molecule has 2 aromatic rings. The molecule has 0 aliphatic carbocycles. The van der Waals surface area contributed by atoms with Gasteiger partial charge in [0.25, 0.3) is 0 Å². The van der Waals surface area contributed by atoms with Crippen molar-refractivity contribution in [1.29, 1.82) is 0 Å². The van der Waals surface area contributed by atoms with Gasteiger partial charge < -0.3 is 10.5 Å². The topological polar surface area (TPSA) is 48.1 Å². The quantitative estimate of drug-likeness (QED) is 0.782.